The predicted molar refractivity (Wildman–Crippen MR) is 165 cm³/mol. The Labute approximate surface area is 262 Å². The maximum absolute atomic E-state index is 14.7. The number of anilines is 2. The molecule has 2 fully saturated rings. The molecule has 2 aliphatic rings. The van der Waals surface area contributed by atoms with Crippen LogP contribution in [0.1, 0.15) is 90.7 Å². The Balaban J connectivity index is 1.52. The number of fused-ring (bicyclic) bond motifs is 1. The first-order chi connectivity index (χ1) is 21.2. The minimum Gasteiger partial charge on any atom is -0.477 e. The van der Waals surface area contributed by atoms with Gasteiger partial charge in [-0.3, -0.25) is 0 Å². The number of hydrogen-bond donors (Lipinski definition) is 0. The minimum atomic E-state index is -0.867. The summed E-state index contributed by atoms with van der Waals surface area (Å²) in [7, 11) is 0. The standard InChI is InChI=1S/C33H41FN6O5/c1-32(2,3)44-30(41)38-12-8-9-21(19-38)20-43-27-16-28(40-29(37-27)26(18-36-40)23-10-7-11-23)39(31(42)45-33(4,5)6)25-14-22(17-35)13-24(34)15-25/h13-16,18,21,23H,7-12,19-20H2,1-6H3/t21-/m0/s1. The van der Waals surface area contributed by atoms with Gasteiger partial charge in [0.15, 0.2) is 11.5 Å². The molecule has 2 aromatic heterocycles. The fourth-order valence-corrected chi connectivity index (χ4v) is 5.49. The lowest BCUT2D eigenvalue weighted by molar-refractivity contribution is 0.0138. The maximum atomic E-state index is 14.7. The summed E-state index contributed by atoms with van der Waals surface area (Å²) in [6, 6.07) is 7.21. The van der Waals surface area contributed by atoms with E-state index >= 15 is 0 Å². The summed E-state index contributed by atoms with van der Waals surface area (Å²) < 4.78 is 33.9. The van der Waals surface area contributed by atoms with Crippen molar-refractivity contribution >= 4 is 29.3 Å². The molecule has 0 radical (unpaired) electrons. The zero-order valence-electron chi connectivity index (χ0n) is 26.8. The fraction of sp³-hybridized carbons (Fsp3) is 0.545. The van der Waals surface area contributed by atoms with E-state index in [1.165, 1.54) is 21.5 Å². The van der Waals surface area contributed by atoms with Gasteiger partial charge in [0.2, 0.25) is 5.88 Å². The second kappa shape index (κ2) is 12.5. The van der Waals surface area contributed by atoms with Crippen molar-refractivity contribution in [3.8, 4) is 11.9 Å². The number of hydrogen-bond acceptors (Lipinski definition) is 8. The van der Waals surface area contributed by atoms with Crippen LogP contribution in [0.25, 0.3) is 5.65 Å². The second-order valence-electron chi connectivity index (χ2n) is 13.8. The molecule has 0 unspecified atom stereocenters. The molecule has 11 nitrogen and oxygen atoms in total. The van der Waals surface area contributed by atoms with E-state index in [1.807, 2.05) is 26.8 Å². The third-order valence-electron chi connectivity index (χ3n) is 7.71. The van der Waals surface area contributed by atoms with E-state index < -0.39 is 23.1 Å². The third-order valence-corrected chi connectivity index (χ3v) is 7.71. The van der Waals surface area contributed by atoms with Gasteiger partial charge in [0, 0.05) is 30.6 Å². The Morgan fingerprint density at radius 2 is 1.78 bits per heavy atom. The molecule has 45 heavy (non-hydrogen) atoms. The van der Waals surface area contributed by atoms with Crippen LogP contribution in [-0.2, 0) is 9.47 Å². The molecule has 12 heteroatoms. The summed E-state index contributed by atoms with van der Waals surface area (Å²) >= 11 is 0. The SMILES string of the molecule is CC(C)(C)OC(=O)N1CCC[C@H](COc2cc(N(C(=O)OC(C)(C)C)c3cc(F)cc(C#N)c3)n3ncc(C4CCC4)c3n2)C1. The van der Waals surface area contributed by atoms with Crippen LogP contribution in [0.3, 0.4) is 0 Å². The lowest BCUT2D eigenvalue weighted by Crippen LogP contribution is -2.44. The fourth-order valence-electron chi connectivity index (χ4n) is 5.49. The van der Waals surface area contributed by atoms with Crippen LogP contribution in [0.4, 0.5) is 25.5 Å². The molecule has 0 bridgehead atoms. The summed E-state index contributed by atoms with van der Waals surface area (Å²) in [6.07, 6.45) is 5.39. The van der Waals surface area contributed by atoms with Crippen molar-refractivity contribution in [2.24, 2.45) is 5.92 Å². The van der Waals surface area contributed by atoms with Crippen LogP contribution in [0.5, 0.6) is 5.88 Å². The number of carbonyl (C=O) groups is 2. The molecule has 1 aliphatic carbocycles. The number of rotatable bonds is 6. The van der Waals surface area contributed by atoms with Gasteiger partial charge in [-0.25, -0.2) is 18.9 Å². The number of aromatic nitrogens is 3. The van der Waals surface area contributed by atoms with Gasteiger partial charge in [0.25, 0.3) is 0 Å². The first-order valence-corrected chi connectivity index (χ1v) is 15.4. The number of ether oxygens (including phenoxy) is 3. The highest BCUT2D eigenvalue weighted by molar-refractivity contribution is 5.96. The summed E-state index contributed by atoms with van der Waals surface area (Å²) in [5.41, 5.74) is 0.145. The summed E-state index contributed by atoms with van der Waals surface area (Å²) in [4.78, 5) is 34.2. The zero-order valence-corrected chi connectivity index (χ0v) is 26.8. The summed E-state index contributed by atoms with van der Waals surface area (Å²) in [5.74, 6) is 0.101. The lowest BCUT2D eigenvalue weighted by atomic mass is 9.81. The van der Waals surface area contributed by atoms with Gasteiger partial charge in [0.05, 0.1) is 30.1 Å². The first-order valence-electron chi connectivity index (χ1n) is 15.4. The molecule has 1 atom stereocenters. The molecule has 5 rings (SSSR count). The third kappa shape index (κ3) is 7.64. The molecule has 240 valence electrons. The van der Waals surface area contributed by atoms with Gasteiger partial charge in [-0.05, 0) is 91.3 Å². The molecule has 0 N–H and O–H groups in total. The lowest BCUT2D eigenvalue weighted by Gasteiger charge is -2.34. The van der Waals surface area contributed by atoms with Gasteiger partial charge in [0.1, 0.15) is 17.0 Å². The van der Waals surface area contributed by atoms with Gasteiger partial charge in [-0.1, -0.05) is 6.42 Å². The van der Waals surface area contributed by atoms with Crippen molar-refractivity contribution in [2.75, 3.05) is 24.6 Å². The van der Waals surface area contributed by atoms with E-state index in [2.05, 4.69) is 5.10 Å². The second-order valence-corrected chi connectivity index (χ2v) is 13.8. The molecular formula is C33H41FN6O5. The van der Waals surface area contributed by atoms with E-state index in [4.69, 9.17) is 19.2 Å². The number of nitriles is 1. The monoisotopic (exact) mass is 620 g/mol. The quantitative estimate of drug-likeness (QED) is 0.286. The number of piperidine rings is 1. The Morgan fingerprint density at radius 3 is 2.42 bits per heavy atom. The number of benzene rings is 1. The van der Waals surface area contributed by atoms with Crippen molar-refractivity contribution < 1.29 is 28.2 Å². The van der Waals surface area contributed by atoms with Gasteiger partial charge < -0.3 is 19.1 Å². The Kier molecular flexibility index (Phi) is 8.92. The van der Waals surface area contributed by atoms with Crippen molar-refractivity contribution in [1.82, 2.24) is 19.5 Å². The molecule has 1 saturated heterocycles. The largest absolute Gasteiger partial charge is 0.477 e. The summed E-state index contributed by atoms with van der Waals surface area (Å²) in [6.45, 7) is 12.1. The van der Waals surface area contributed by atoms with Crippen molar-refractivity contribution in [1.29, 1.82) is 5.26 Å². The first kappa shape index (κ1) is 32.0. The van der Waals surface area contributed by atoms with Crippen molar-refractivity contribution in [3.05, 3.63) is 47.4 Å². The highest BCUT2D eigenvalue weighted by Gasteiger charge is 2.32. The summed E-state index contributed by atoms with van der Waals surface area (Å²) in [5, 5.41) is 14.1. The Hall–Kier alpha value is -4.40. The minimum absolute atomic E-state index is 0.0344. The van der Waals surface area contributed by atoms with Gasteiger partial charge in [-0.15, -0.1) is 0 Å². The predicted octanol–water partition coefficient (Wildman–Crippen LogP) is 7.11. The van der Waals surface area contributed by atoms with E-state index in [-0.39, 0.29) is 47.5 Å². The van der Waals surface area contributed by atoms with E-state index in [0.717, 1.165) is 43.7 Å². The van der Waals surface area contributed by atoms with E-state index in [9.17, 15) is 19.2 Å². The number of likely N-dealkylation sites (tertiary alicyclic amines) is 1. The topological polar surface area (TPSA) is 122 Å². The molecule has 1 aromatic carbocycles. The molecule has 2 amide bonds. The highest BCUT2D eigenvalue weighted by atomic mass is 19.1. The van der Waals surface area contributed by atoms with Crippen LogP contribution in [-0.4, -0.2) is 62.6 Å². The zero-order chi connectivity index (χ0) is 32.5. The average Bonchev–Trinajstić information content (AvgIpc) is 3.32. The molecule has 3 aromatic rings. The van der Waals surface area contributed by atoms with Crippen LogP contribution in [0, 0.1) is 23.1 Å². The number of nitrogens with zero attached hydrogens (tertiary/aromatic N) is 6. The molecule has 0 spiro atoms. The number of amides is 2. The van der Waals surface area contributed by atoms with Crippen LogP contribution in [0.2, 0.25) is 0 Å². The normalized spacial score (nSPS) is 17.4. The highest BCUT2D eigenvalue weighted by Crippen LogP contribution is 2.40. The Morgan fingerprint density at radius 1 is 1.04 bits per heavy atom. The van der Waals surface area contributed by atoms with Crippen LogP contribution in [0.15, 0.2) is 30.5 Å². The molecule has 1 aliphatic heterocycles. The van der Waals surface area contributed by atoms with E-state index in [0.29, 0.717) is 18.7 Å². The molecular weight excluding hydrogens is 579 g/mol. The number of carbonyl (C=O) groups excluding carboxylic acids is 2. The van der Waals surface area contributed by atoms with Crippen molar-refractivity contribution in [2.45, 2.75) is 90.8 Å². The molecule has 3 heterocycles. The van der Waals surface area contributed by atoms with Crippen LogP contribution >= 0.6 is 0 Å². The van der Waals surface area contributed by atoms with Crippen LogP contribution < -0.4 is 9.64 Å². The maximum Gasteiger partial charge on any atom is 0.420 e. The van der Waals surface area contributed by atoms with Gasteiger partial charge >= 0.3 is 12.2 Å². The van der Waals surface area contributed by atoms with Gasteiger partial charge in [-0.2, -0.15) is 19.9 Å². The Bertz CT molecular complexity index is 1610. The smallest absolute Gasteiger partial charge is 0.420 e. The van der Waals surface area contributed by atoms with E-state index in [1.54, 1.807) is 37.9 Å². The van der Waals surface area contributed by atoms with Crippen molar-refractivity contribution in [3.63, 3.8) is 0 Å². The average molecular weight is 621 g/mol. The number of halogens is 1. The molecule has 1 saturated carbocycles.